The lowest BCUT2D eigenvalue weighted by molar-refractivity contribution is -0.272. The lowest BCUT2D eigenvalue weighted by Gasteiger charge is -2.66. The van der Waals surface area contributed by atoms with Gasteiger partial charge < -0.3 is 28.5 Å². The molecule has 5 fully saturated rings. The Hall–Kier alpha value is -3.73. The van der Waals surface area contributed by atoms with Crippen LogP contribution >= 0.6 is 0 Å². The summed E-state index contributed by atoms with van der Waals surface area (Å²) in [6.45, 7) is 5.93. The number of rotatable bonds is 8. The largest absolute Gasteiger partial charge is 0.482 e. The maximum Gasteiger partial charge on any atom is 0.345 e. The number of ether oxygens (including phenoxy) is 4. The summed E-state index contributed by atoms with van der Waals surface area (Å²) in [6.07, 6.45) is 6.52. The van der Waals surface area contributed by atoms with Gasteiger partial charge in [0.25, 0.3) is 0 Å². The van der Waals surface area contributed by atoms with Crippen molar-refractivity contribution in [3.63, 3.8) is 0 Å². The molecule has 5 aliphatic carbocycles. The summed E-state index contributed by atoms with van der Waals surface area (Å²) in [7, 11) is 0. The first-order chi connectivity index (χ1) is 22.9. The minimum atomic E-state index is -1.32. The van der Waals surface area contributed by atoms with Crippen molar-refractivity contribution < 1.29 is 42.9 Å². The van der Waals surface area contributed by atoms with E-state index in [1.54, 1.807) is 30.6 Å². The second-order valence-corrected chi connectivity index (χ2v) is 15.7. The Bertz CT molecular complexity index is 1700. The molecule has 0 aromatic carbocycles. The van der Waals surface area contributed by atoms with Gasteiger partial charge in [0, 0.05) is 35.4 Å². The summed E-state index contributed by atoms with van der Waals surface area (Å²) >= 11 is 0. The SMILES string of the molecule is CC1(COC(=O)C2CC2)[C@@H](OC(=O)C2CC2)CC[C@]2(C)[C@H]3[C@@H](O)c4c(cc(-c5cccnc5)oc4=O)O[C@]3(C)[C@@H](OC(=O)C3CC3)C[C@@H]12. The van der Waals surface area contributed by atoms with Crippen molar-refractivity contribution in [1.82, 2.24) is 4.98 Å². The van der Waals surface area contributed by atoms with E-state index in [0.717, 1.165) is 38.5 Å². The number of hydrogen-bond donors (Lipinski definition) is 1. The van der Waals surface area contributed by atoms with Gasteiger partial charge in [-0.05, 0) is 88.2 Å². The van der Waals surface area contributed by atoms with Gasteiger partial charge in [-0.2, -0.15) is 0 Å². The fourth-order valence-corrected chi connectivity index (χ4v) is 9.15. The van der Waals surface area contributed by atoms with Crippen molar-refractivity contribution in [2.75, 3.05) is 6.61 Å². The average molecular weight is 662 g/mol. The van der Waals surface area contributed by atoms with Crippen LogP contribution in [0, 0.1) is 40.4 Å². The van der Waals surface area contributed by atoms with Gasteiger partial charge in [0.15, 0.2) is 0 Å². The van der Waals surface area contributed by atoms with E-state index in [4.69, 9.17) is 23.4 Å². The molecule has 256 valence electrons. The van der Waals surface area contributed by atoms with Crippen LogP contribution in [0.5, 0.6) is 5.75 Å². The monoisotopic (exact) mass is 661 g/mol. The van der Waals surface area contributed by atoms with Gasteiger partial charge in [-0.25, -0.2) is 4.79 Å². The molecular weight excluding hydrogens is 618 g/mol. The van der Waals surface area contributed by atoms with Gasteiger partial charge in [-0.3, -0.25) is 19.4 Å². The number of aliphatic hydroxyl groups excluding tert-OH is 1. The minimum Gasteiger partial charge on any atom is -0.482 e. The summed E-state index contributed by atoms with van der Waals surface area (Å²) in [5, 5.41) is 12.3. The number of aromatic nitrogens is 1. The molecule has 1 unspecified atom stereocenters. The van der Waals surface area contributed by atoms with Crippen molar-refractivity contribution in [3.8, 4) is 17.1 Å². The Balaban J connectivity index is 1.22. The Labute approximate surface area is 278 Å². The van der Waals surface area contributed by atoms with Crippen LogP contribution in [0.1, 0.15) is 90.2 Å². The fraction of sp³-hybridized carbons (Fsp3) is 0.649. The van der Waals surface area contributed by atoms with Gasteiger partial charge in [-0.15, -0.1) is 0 Å². The van der Waals surface area contributed by atoms with E-state index < -0.39 is 46.3 Å². The number of hydrogen-bond acceptors (Lipinski definition) is 11. The first-order valence-electron chi connectivity index (χ1n) is 17.5. The predicted molar refractivity (Wildman–Crippen MR) is 168 cm³/mol. The summed E-state index contributed by atoms with van der Waals surface area (Å²) in [5.74, 6) is -1.87. The lowest BCUT2D eigenvalue weighted by Crippen LogP contribution is -2.71. The number of esters is 3. The van der Waals surface area contributed by atoms with E-state index in [1.807, 2.05) is 13.8 Å². The molecule has 0 spiro atoms. The van der Waals surface area contributed by atoms with Crippen LogP contribution in [0.25, 0.3) is 11.3 Å². The van der Waals surface area contributed by atoms with Crippen molar-refractivity contribution in [2.24, 2.45) is 40.4 Å². The maximum absolute atomic E-state index is 13.7. The Kier molecular flexibility index (Phi) is 7.32. The summed E-state index contributed by atoms with van der Waals surface area (Å²) in [4.78, 5) is 57.1. The van der Waals surface area contributed by atoms with Crippen LogP contribution in [0.15, 0.2) is 39.8 Å². The molecule has 2 aromatic heterocycles. The maximum atomic E-state index is 13.7. The number of pyridine rings is 1. The van der Waals surface area contributed by atoms with Crippen LogP contribution in [0.4, 0.5) is 0 Å². The minimum absolute atomic E-state index is 0.0160. The fourth-order valence-electron chi connectivity index (χ4n) is 9.15. The molecule has 2 aromatic rings. The summed E-state index contributed by atoms with van der Waals surface area (Å²) < 4.78 is 31.1. The molecule has 1 aliphatic heterocycles. The molecule has 0 radical (unpaired) electrons. The van der Waals surface area contributed by atoms with Gasteiger partial charge in [0.1, 0.15) is 41.5 Å². The first-order valence-corrected chi connectivity index (χ1v) is 17.5. The molecule has 11 nitrogen and oxygen atoms in total. The average Bonchev–Trinajstić information content (AvgIpc) is 3.89. The molecule has 11 heteroatoms. The van der Waals surface area contributed by atoms with Crippen LogP contribution in [0.2, 0.25) is 0 Å². The van der Waals surface area contributed by atoms with Crippen molar-refractivity contribution >= 4 is 17.9 Å². The third kappa shape index (κ3) is 5.15. The molecular formula is C37H43NO10. The van der Waals surface area contributed by atoms with Crippen LogP contribution in [-0.2, 0) is 28.6 Å². The van der Waals surface area contributed by atoms with E-state index in [9.17, 15) is 24.3 Å². The quantitative estimate of drug-likeness (QED) is 0.303. The van der Waals surface area contributed by atoms with Crippen LogP contribution in [-0.4, -0.2) is 52.4 Å². The molecule has 1 N–H and O–H groups in total. The van der Waals surface area contributed by atoms with Gasteiger partial charge in [-0.1, -0.05) is 13.8 Å². The van der Waals surface area contributed by atoms with E-state index in [0.29, 0.717) is 24.8 Å². The van der Waals surface area contributed by atoms with Gasteiger partial charge >= 0.3 is 23.5 Å². The second kappa shape index (κ2) is 11.1. The Morgan fingerprint density at radius 1 is 0.938 bits per heavy atom. The van der Waals surface area contributed by atoms with E-state index in [1.165, 1.54) is 0 Å². The molecule has 6 aliphatic rings. The second-order valence-electron chi connectivity index (χ2n) is 15.7. The smallest absolute Gasteiger partial charge is 0.345 e. The third-order valence-corrected chi connectivity index (χ3v) is 12.3. The zero-order valence-corrected chi connectivity index (χ0v) is 27.6. The molecule has 5 saturated carbocycles. The zero-order valence-electron chi connectivity index (χ0n) is 27.6. The van der Waals surface area contributed by atoms with Gasteiger partial charge in [0.2, 0.25) is 0 Å². The highest BCUT2D eigenvalue weighted by atomic mass is 16.6. The number of carbonyl (C=O) groups is 3. The van der Waals surface area contributed by atoms with Crippen molar-refractivity contribution in [2.45, 2.75) is 102 Å². The molecule has 8 atom stereocenters. The first kappa shape index (κ1) is 31.5. The molecule has 0 saturated heterocycles. The van der Waals surface area contributed by atoms with Crippen LogP contribution < -0.4 is 10.4 Å². The molecule has 8 rings (SSSR count). The lowest BCUT2D eigenvalue weighted by atomic mass is 9.42. The summed E-state index contributed by atoms with van der Waals surface area (Å²) in [6, 6.07) is 5.09. The highest BCUT2D eigenvalue weighted by Gasteiger charge is 2.71. The number of carbonyl (C=O) groups excluding carboxylic acids is 3. The van der Waals surface area contributed by atoms with E-state index in [-0.39, 0.29) is 65.3 Å². The Morgan fingerprint density at radius 3 is 2.21 bits per heavy atom. The Morgan fingerprint density at radius 2 is 1.58 bits per heavy atom. The number of nitrogens with zero attached hydrogens (tertiary/aromatic N) is 1. The van der Waals surface area contributed by atoms with Gasteiger partial charge in [0.05, 0.1) is 23.9 Å². The summed E-state index contributed by atoms with van der Waals surface area (Å²) in [5.41, 5.74) is -2.94. The third-order valence-electron chi connectivity index (χ3n) is 12.3. The highest BCUT2D eigenvalue weighted by molar-refractivity contribution is 5.76. The normalized spacial score (nSPS) is 36.8. The van der Waals surface area contributed by atoms with E-state index >= 15 is 0 Å². The standard InChI is InChI=1S/C37H43NO10/c1-35-13-12-26(46-32(41)20-8-9-20)36(2,18-44-31(40)19-6-7-19)25(35)16-27(47-33(42)21-10-11-21)37(3)30(35)29(39)28-24(48-37)15-23(45-34(28)43)22-5-4-14-38-17-22/h4-5,14-15,17,19-21,25-27,29-30,39H,6-13,16,18H2,1-3H3/t25-,26+,27+,29+,30-,35+,36?,37-/m1/s1. The number of fused-ring (bicyclic) bond motifs is 4. The highest BCUT2D eigenvalue weighted by Crippen LogP contribution is 2.68. The molecule has 3 heterocycles. The van der Waals surface area contributed by atoms with E-state index in [2.05, 4.69) is 11.9 Å². The van der Waals surface area contributed by atoms with Crippen LogP contribution in [0.3, 0.4) is 0 Å². The molecule has 0 amide bonds. The predicted octanol–water partition coefficient (Wildman–Crippen LogP) is 4.93. The van der Waals surface area contributed by atoms with Crippen molar-refractivity contribution in [1.29, 1.82) is 0 Å². The number of aliphatic hydroxyl groups is 1. The van der Waals surface area contributed by atoms with Crippen molar-refractivity contribution in [3.05, 3.63) is 46.6 Å². The zero-order chi connectivity index (χ0) is 33.6. The topological polar surface area (TPSA) is 151 Å². The molecule has 0 bridgehead atoms. The molecule has 48 heavy (non-hydrogen) atoms.